The molecule has 2 rings (SSSR count). The lowest BCUT2D eigenvalue weighted by atomic mass is 9.87. The van der Waals surface area contributed by atoms with Gasteiger partial charge in [0, 0.05) is 13.1 Å². The average molecular weight is 346 g/mol. The fraction of sp³-hybridized carbons (Fsp3) is 0.538. The molecule has 1 aliphatic heterocycles. The highest BCUT2D eigenvalue weighted by Gasteiger charge is 2.29. The molecule has 110 valence electrons. The third-order valence-corrected chi connectivity index (χ3v) is 4.58. The maximum atomic E-state index is 13.5. The maximum Gasteiger partial charge on any atom is 0.295 e. The second-order valence-electron chi connectivity index (χ2n) is 5.22. The Balaban J connectivity index is 2.36. The number of hydrogen-bond acceptors (Lipinski definition) is 4. The highest BCUT2D eigenvalue weighted by molar-refractivity contribution is 9.10. The van der Waals surface area contributed by atoms with Gasteiger partial charge >= 0.3 is 0 Å². The van der Waals surface area contributed by atoms with Crippen LogP contribution in [0.25, 0.3) is 0 Å². The third-order valence-electron chi connectivity index (χ3n) is 3.97. The Labute approximate surface area is 125 Å². The van der Waals surface area contributed by atoms with Crippen molar-refractivity contribution in [3.8, 4) is 0 Å². The van der Waals surface area contributed by atoms with E-state index in [0.717, 1.165) is 19.0 Å². The Morgan fingerprint density at radius 1 is 1.60 bits per heavy atom. The van der Waals surface area contributed by atoms with Crippen LogP contribution in [0.3, 0.4) is 0 Å². The van der Waals surface area contributed by atoms with E-state index in [0.29, 0.717) is 30.6 Å². The van der Waals surface area contributed by atoms with Crippen molar-refractivity contribution < 1.29 is 9.31 Å². The van der Waals surface area contributed by atoms with Crippen molar-refractivity contribution in [2.45, 2.75) is 13.3 Å². The SMILES string of the molecule is CC1CCN(c2cc(Br)c(F)cc2[N+](=O)[O-])CC1CN. The topological polar surface area (TPSA) is 72.4 Å². The molecule has 0 aromatic heterocycles. The number of nitro groups is 1. The molecule has 1 fully saturated rings. The van der Waals surface area contributed by atoms with Crippen LogP contribution in [0.4, 0.5) is 15.8 Å². The molecule has 2 unspecified atom stereocenters. The Hall–Kier alpha value is -1.21. The lowest BCUT2D eigenvalue weighted by molar-refractivity contribution is -0.384. The highest BCUT2D eigenvalue weighted by atomic mass is 79.9. The molecule has 0 aliphatic carbocycles. The predicted molar refractivity (Wildman–Crippen MR) is 79.3 cm³/mol. The molecule has 1 aromatic carbocycles. The molecule has 0 radical (unpaired) electrons. The number of piperidine rings is 1. The first-order valence-corrected chi connectivity index (χ1v) is 7.31. The van der Waals surface area contributed by atoms with Gasteiger partial charge in [-0.15, -0.1) is 0 Å². The summed E-state index contributed by atoms with van der Waals surface area (Å²) in [6.07, 6.45) is 0.925. The van der Waals surface area contributed by atoms with Gasteiger partial charge < -0.3 is 10.6 Å². The van der Waals surface area contributed by atoms with Crippen LogP contribution in [0, 0.1) is 27.8 Å². The molecule has 0 spiro atoms. The number of rotatable bonds is 3. The summed E-state index contributed by atoms with van der Waals surface area (Å²) in [7, 11) is 0. The molecule has 0 saturated carbocycles. The van der Waals surface area contributed by atoms with E-state index in [2.05, 4.69) is 22.9 Å². The highest BCUT2D eigenvalue weighted by Crippen LogP contribution is 2.36. The zero-order valence-electron chi connectivity index (χ0n) is 11.2. The van der Waals surface area contributed by atoms with E-state index in [9.17, 15) is 14.5 Å². The summed E-state index contributed by atoms with van der Waals surface area (Å²) in [5, 5.41) is 11.1. The molecule has 0 bridgehead atoms. The van der Waals surface area contributed by atoms with Gasteiger partial charge in [0.05, 0.1) is 15.5 Å². The van der Waals surface area contributed by atoms with Crippen molar-refractivity contribution in [1.29, 1.82) is 0 Å². The van der Waals surface area contributed by atoms with Crippen LogP contribution in [0.1, 0.15) is 13.3 Å². The third kappa shape index (κ3) is 2.93. The molecule has 0 amide bonds. The van der Waals surface area contributed by atoms with E-state index in [4.69, 9.17) is 5.73 Å². The number of benzene rings is 1. The van der Waals surface area contributed by atoms with Gasteiger partial charge in [0.15, 0.2) is 0 Å². The summed E-state index contributed by atoms with van der Waals surface area (Å²) in [5.41, 5.74) is 6.01. The fourth-order valence-electron chi connectivity index (χ4n) is 2.60. The maximum absolute atomic E-state index is 13.5. The first-order chi connectivity index (χ1) is 9.43. The van der Waals surface area contributed by atoms with Gasteiger partial charge in [0.2, 0.25) is 0 Å². The second kappa shape index (κ2) is 6.05. The number of nitrogens with two attached hydrogens (primary N) is 1. The summed E-state index contributed by atoms with van der Waals surface area (Å²) in [6, 6.07) is 2.45. The molecule has 1 saturated heterocycles. The summed E-state index contributed by atoms with van der Waals surface area (Å²) in [5.74, 6) is 0.174. The van der Waals surface area contributed by atoms with Gasteiger partial charge in [0.25, 0.3) is 5.69 Å². The Bertz CT molecular complexity index is 527. The largest absolute Gasteiger partial charge is 0.366 e. The molecule has 5 nitrogen and oxygen atoms in total. The number of nitrogens with zero attached hydrogens (tertiary/aromatic N) is 2. The van der Waals surface area contributed by atoms with Gasteiger partial charge in [-0.05, 0) is 46.8 Å². The van der Waals surface area contributed by atoms with Crippen molar-refractivity contribution >= 4 is 27.3 Å². The molecule has 2 atom stereocenters. The van der Waals surface area contributed by atoms with Crippen LogP contribution in [-0.2, 0) is 0 Å². The van der Waals surface area contributed by atoms with Crippen LogP contribution >= 0.6 is 15.9 Å². The zero-order chi connectivity index (χ0) is 14.9. The van der Waals surface area contributed by atoms with Gasteiger partial charge in [0.1, 0.15) is 11.5 Å². The minimum absolute atomic E-state index is 0.198. The smallest absolute Gasteiger partial charge is 0.295 e. The van der Waals surface area contributed by atoms with Gasteiger partial charge in [-0.2, -0.15) is 0 Å². The van der Waals surface area contributed by atoms with Gasteiger partial charge in [-0.1, -0.05) is 6.92 Å². The van der Waals surface area contributed by atoms with Crippen LogP contribution in [0.15, 0.2) is 16.6 Å². The first-order valence-electron chi connectivity index (χ1n) is 6.52. The van der Waals surface area contributed by atoms with E-state index >= 15 is 0 Å². The van der Waals surface area contributed by atoms with Crippen molar-refractivity contribution in [3.63, 3.8) is 0 Å². The predicted octanol–water partition coefficient (Wildman–Crippen LogP) is 2.92. The molecule has 20 heavy (non-hydrogen) atoms. The molecular formula is C13H17BrFN3O2. The lowest BCUT2D eigenvalue weighted by Gasteiger charge is -2.37. The lowest BCUT2D eigenvalue weighted by Crippen LogP contribution is -2.42. The number of nitro benzene ring substituents is 1. The zero-order valence-corrected chi connectivity index (χ0v) is 12.8. The summed E-state index contributed by atoms with van der Waals surface area (Å²) in [6.45, 7) is 4.07. The molecular weight excluding hydrogens is 329 g/mol. The van der Waals surface area contributed by atoms with Crippen LogP contribution < -0.4 is 10.6 Å². The summed E-state index contributed by atoms with van der Waals surface area (Å²) >= 11 is 3.09. The number of hydrogen-bond donors (Lipinski definition) is 1. The van der Waals surface area contributed by atoms with Crippen LogP contribution in [-0.4, -0.2) is 24.6 Å². The first kappa shape index (κ1) is 15.2. The normalized spacial score (nSPS) is 22.9. The van der Waals surface area contributed by atoms with Crippen molar-refractivity contribution in [3.05, 3.63) is 32.5 Å². The van der Waals surface area contributed by atoms with Crippen molar-refractivity contribution in [2.75, 3.05) is 24.5 Å². The summed E-state index contributed by atoms with van der Waals surface area (Å²) < 4.78 is 13.7. The van der Waals surface area contributed by atoms with Crippen molar-refractivity contribution in [2.24, 2.45) is 17.6 Å². The Kier molecular flexibility index (Phi) is 4.59. The van der Waals surface area contributed by atoms with Crippen LogP contribution in [0.2, 0.25) is 0 Å². The van der Waals surface area contributed by atoms with Gasteiger partial charge in [-0.25, -0.2) is 4.39 Å². The second-order valence-corrected chi connectivity index (χ2v) is 6.07. The molecule has 1 heterocycles. The fourth-order valence-corrected chi connectivity index (χ4v) is 2.93. The monoisotopic (exact) mass is 345 g/mol. The minimum atomic E-state index is -0.624. The Morgan fingerprint density at radius 3 is 2.90 bits per heavy atom. The molecule has 7 heteroatoms. The van der Waals surface area contributed by atoms with E-state index in [1.807, 2.05) is 4.90 Å². The molecule has 2 N–H and O–H groups in total. The number of halogens is 2. The van der Waals surface area contributed by atoms with E-state index in [1.54, 1.807) is 0 Å². The molecule has 1 aromatic rings. The van der Waals surface area contributed by atoms with E-state index in [-0.39, 0.29) is 10.2 Å². The summed E-state index contributed by atoms with van der Waals surface area (Å²) in [4.78, 5) is 12.5. The van der Waals surface area contributed by atoms with E-state index < -0.39 is 10.7 Å². The average Bonchev–Trinajstić information content (AvgIpc) is 2.41. The van der Waals surface area contributed by atoms with E-state index in [1.165, 1.54) is 6.07 Å². The molecule has 1 aliphatic rings. The minimum Gasteiger partial charge on any atom is -0.366 e. The number of anilines is 1. The quantitative estimate of drug-likeness (QED) is 0.675. The standard InChI is InChI=1S/C13H17BrFN3O2/c1-8-2-3-17(7-9(8)6-16)12-4-10(14)11(15)5-13(12)18(19)20/h4-5,8-9H,2-3,6-7,16H2,1H3. The van der Waals surface area contributed by atoms with Crippen LogP contribution in [0.5, 0.6) is 0 Å². The van der Waals surface area contributed by atoms with Crippen molar-refractivity contribution in [1.82, 2.24) is 0 Å². The Morgan fingerprint density at radius 2 is 2.30 bits per heavy atom. The van der Waals surface area contributed by atoms with Gasteiger partial charge in [-0.3, -0.25) is 10.1 Å².